The second-order valence-electron chi connectivity index (χ2n) is 4.65. The van der Waals surface area contributed by atoms with Crippen LogP contribution in [0, 0.1) is 0 Å². The Bertz CT molecular complexity index is 520. The zero-order valence-corrected chi connectivity index (χ0v) is 12.4. The van der Waals surface area contributed by atoms with E-state index in [1.54, 1.807) is 6.07 Å². The Morgan fingerprint density at radius 1 is 1.33 bits per heavy atom. The highest BCUT2D eigenvalue weighted by Gasteiger charge is 2.22. The van der Waals surface area contributed by atoms with Crippen molar-refractivity contribution in [3.63, 3.8) is 0 Å². The Morgan fingerprint density at radius 3 is 2.67 bits per heavy atom. The molecule has 3 nitrogen and oxygen atoms in total. The van der Waals surface area contributed by atoms with Gasteiger partial charge >= 0.3 is 0 Å². The number of benzene rings is 1. The Hall–Kier alpha value is -0.520. The van der Waals surface area contributed by atoms with Crippen molar-refractivity contribution in [1.82, 2.24) is 5.32 Å². The molecule has 0 radical (unpaired) electrons. The zero-order chi connectivity index (χ0) is 13.2. The van der Waals surface area contributed by atoms with Crippen molar-refractivity contribution >= 4 is 21.6 Å². The molecule has 100 valence electrons. The molecule has 1 aliphatic rings. The van der Waals surface area contributed by atoms with Gasteiger partial charge in [-0.15, -0.1) is 11.8 Å². The largest absolute Gasteiger partial charge is 0.310 e. The Balaban J connectivity index is 2.47. The fourth-order valence-corrected chi connectivity index (χ4v) is 4.63. The van der Waals surface area contributed by atoms with Gasteiger partial charge in [0.05, 0.1) is 4.90 Å². The number of thioether (sulfide) groups is 1. The standard InChI is InChI=1S/C13H19NO2S2/c1-17-13-10(11-7-3-4-9-14-11)6-5-8-12(13)18(2,15)16/h5-6,8,11,14H,3-4,7,9H2,1-2H3. The van der Waals surface area contributed by atoms with Gasteiger partial charge < -0.3 is 5.32 Å². The molecule has 0 spiro atoms. The van der Waals surface area contributed by atoms with Crippen molar-refractivity contribution in [2.45, 2.75) is 35.1 Å². The summed E-state index contributed by atoms with van der Waals surface area (Å²) in [6.45, 7) is 1.02. The van der Waals surface area contributed by atoms with Crippen molar-refractivity contribution < 1.29 is 8.42 Å². The van der Waals surface area contributed by atoms with Crippen LogP contribution in [0.15, 0.2) is 28.0 Å². The molecule has 0 aromatic heterocycles. The van der Waals surface area contributed by atoms with E-state index in [-0.39, 0.29) is 0 Å². The minimum absolute atomic E-state index is 0.294. The van der Waals surface area contributed by atoms with Gasteiger partial charge in [0.15, 0.2) is 9.84 Å². The topological polar surface area (TPSA) is 46.2 Å². The lowest BCUT2D eigenvalue weighted by Crippen LogP contribution is -2.27. The van der Waals surface area contributed by atoms with E-state index >= 15 is 0 Å². The number of hydrogen-bond acceptors (Lipinski definition) is 4. The van der Waals surface area contributed by atoms with Gasteiger partial charge in [-0.1, -0.05) is 18.6 Å². The molecule has 1 aromatic carbocycles. The highest BCUT2D eigenvalue weighted by atomic mass is 32.2. The molecule has 0 bridgehead atoms. The third-order valence-electron chi connectivity index (χ3n) is 3.30. The van der Waals surface area contributed by atoms with E-state index in [0.717, 1.165) is 23.4 Å². The molecule has 1 fully saturated rings. The van der Waals surface area contributed by atoms with E-state index in [4.69, 9.17) is 0 Å². The van der Waals surface area contributed by atoms with E-state index in [1.165, 1.54) is 30.9 Å². The van der Waals surface area contributed by atoms with Crippen LogP contribution in [0.4, 0.5) is 0 Å². The molecule has 1 atom stereocenters. The SMILES string of the molecule is CSc1c(C2CCCCN2)cccc1S(C)(=O)=O. The summed E-state index contributed by atoms with van der Waals surface area (Å²) >= 11 is 1.52. The van der Waals surface area contributed by atoms with Gasteiger partial charge in [0.2, 0.25) is 0 Å². The molecule has 1 aromatic rings. The Morgan fingerprint density at radius 2 is 2.11 bits per heavy atom. The molecule has 0 amide bonds. The molecule has 0 aliphatic carbocycles. The molecule has 5 heteroatoms. The zero-order valence-electron chi connectivity index (χ0n) is 10.8. The Kier molecular flexibility index (Phi) is 4.35. The Labute approximate surface area is 113 Å². The molecule has 1 N–H and O–H groups in total. The van der Waals surface area contributed by atoms with Crippen molar-refractivity contribution in [3.8, 4) is 0 Å². The van der Waals surface area contributed by atoms with Crippen molar-refractivity contribution in [1.29, 1.82) is 0 Å². The lowest BCUT2D eigenvalue weighted by atomic mass is 9.97. The van der Waals surface area contributed by atoms with Gasteiger partial charge in [0.1, 0.15) is 0 Å². The maximum atomic E-state index is 11.8. The van der Waals surface area contributed by atoms with E-state index in [1.807, 2.05) is 18.4 Å². The minimum atomic E-state index is -3.16. The molecule has 1 saturated heterocycles. The van der Waals surface area contributed by atoms with Crippen LogP contribution < -0.4 is 5.32 Å². The van der Waals surface area contributed by atoms with Gasteiger partial charge in [0, 0.05) is 17.2 Å². The summed E-state index contributed by atoms with van der Waals surface area (Å²) < 4.78 is 23.6. The van der Waals surface area contributed by atoms with E-state index in [0.29, 0.717) is 10.9 Å². The number of sulfone groups is 1. The number of nitrogens with one attached hydrogen (secondary N) is 1. The molecule has 1 heterocycles. The van der Waals surface area contributed by atoms with Crippen LogP contribution in [0.1, 0.15) is 30.9 Å². The van der Waals surface area contributed by atoms with Gasteiger partial charge in [-0.3, -0.25) is 0 Å². The van der Waals surface area contributed by atoms with E-state index < -0.39 is 9.84 Å². The average molecular weight is 285 g/mol. The first-order chi connectivity index (χ1) is 8.54. The lowest BCUT2D eigenvalue weighted by molar-refractivity contribution is 0.407. The van der Waals surface area contributed by atoms with Crippen LogP contribution in [-0.4, -0.2) is 27.5 Å². The van der Waals surface area contributed by atoms with Crippen LogP contribution in [0.25, 0.3) is 0 Å². The smallest absolute Gasteiger partial charge is 0.176 e. The predicted molar refractivity (Wildman–Crippen MR) is 75.9 cm³/mol. The van der Waals surface area contributed by atoms with E-state index in [9.17, 15) is 8.42 Å². The molecule has 1 unspecified atom stereocenters. The summed E-state index contributed by atoms with van der Waals surface area (Å²) in [6, 6.07) is 5.89. The average Bonchev–Trinajstić information content (AvgIpc) is 2.37. The monoisotopic (exact) mass is 285 g/mol. The first kappa shape index (κ1) is 13.9. The van der Waals surface area contributed by atoms with Crippen LogP contribution in [0.2, 0.25) is 0 Å². The van der Waals surface area contributed by atoms with Gasteiger partial charge in [-0.25, -0.2) is 8.42 Å². The van der Waals surface area contributed by atoms with Gasteiger partial charge in [-0.2, -0.15) is 0 Å². The molecular weight excluding hydrogens is 266 g/mol. The van der Waals surface area contributed by atoms with Crippen molar-refractivity contribution in [3.05, 3.63) is 23.8 Å². The van der Waals surface area contributed by atoms with Gasteiger partial charge in [0.25, 0.3) is 0 Å². The highest BCUT2D eigenvalue weighted by molar-refractivity contribution is 7.99. The van der Waals surface area contributed by atoms with Crippen LogP contribution in [0.3, 0.4) is 0 Å². The lowest BCUT2D eigenvalue weighted by Gasteiger charge is -2.26. The molecule has 1 aliphatic heterocycles. The maximum absolute atomic E-state index is 11.8. The highest BCUT2D eigenvalue weighted by Crippen LogP contribution is 2.35. The number of hydrogen-bond donors (Lipinski definition) is 1. The summed E-state index contributed by atoms with van der Waals surface area (Å²) in [5.41, 5.74) is 1.13. The summed E-state index contributed by atoms with van der Waals surface area (Å²) in [4.78, 5) is 1.36. The second kappa shape index (κ2) is 5.63. The van der Waals surface area contributed by atoms with Crippen LogP contribution in [0.5, 0.6) is 0 Å². The fourth-order valence-electron chi connectivity index (χ4n) is 2.43. The fraction of sp³-hybridized carbons (Fsp3) is 0.538. The third-order valence-corrected chi connectivity index (χ3v) is 5.43. The summed E-state index contributed by atoms with van der Waals surface area (Å²) in [5, 5.41) is 3.48. The van der Waals surface area contributed by atoms with Gasteiger partial charge in [-0.05, 0) is 37.3 Å². The normalized spacial score (nSPS) is 20.9. The molecule has 18 heavy (non-hydrogen) atoms. The third kappa shape index (κ3) is 2.90. The number of rotatable bonds is 3. The predicted octanol–water partition coefficient (Wildman–Crippen LogP) is 2.63. The minimum Gasteiger partial charge on any atom is -0.310 e. The summed E-state index contributed by atoms with van der Waals surface area (Å²) in [5.74, 6) is 0. The van der Waals surface area contributed by atoms with Crippen molar-refractivity contribution in [2.24, 2.45) is 0 Å². The van der Waals surface area contributed by atoms with Crippen molar-refractivity contribution in [2.75, 3.05) is 19.1 Å². The van der Waals surface area contributed by atoms with Crippen LogP contribution in [-0.2, 0) is 9.84 Å². The first-order valence-electron chi connectivity index (χ1n) is 6.14. The quantitative estimate of drug-likeness (QED) is 0.867. The maximum Gasteiger partial charge on any atom is 0.176 e. The first-order valence-corrected chi connectivity index (χ1v) is 9.26. The summed E-state index contributed by atoms with van der Waals surface area (Å²) in [7, 11) is -3.16. The second-order valence-corrected chi connectivity index (χ2v) is 7.45. The van der Waals surface area contributed by atoms with E-state index in [2.05, 4.69) is 5.32 Å². The number of piperidine rings is 1. The van der Waals surface area contributed by atoms with Crippen LogP contribution >= 0.6 is 11.8 Å². The summed E-state index contributed by atoms with van der Waals surface area (Å²) in [6.07, 6.45) is 6.71. The molecule has 2 rings (SSSR count). The molecule has 0 saturated carbocycles. The molecular formula is C13H19NO2S2.